The maximum Gasteiger partial charge on any atom is 0.255 e. The van der Waals surface area contributed by atoms with Crippen molar-refractivity contribution in [2.24, 2.45) is 0 Å². The molecule has 4 aromatic rings. The number of hydrogen-bond donors (Lipinski definition) is 3. The number of hydrogen-bond acceptors (Lipinski definition) is 4. The van der Waals surface area contributed by atoms with E-state index in [1.807, 2.05) is 109 Å². The molecule has 1 aliphatic heterocycles. The summed E-state index contributed by atoms with van der Waals surface area (Å²) in [5.41, 5.74) is 8.62. The monoisotopic (exact) mass is 470 g/mol. The van der Waals surface area contributed by atoms with Gasteiger partial charge in [-0.1, -0.05) is 84.9 Å². The maximum atomic E-state index is 11.7. The topological polar surface area (TPSA) is 84.6 Å². The first kappa shape index (κ1) is 27.3. The second-order valence-electron chi connectivity index (χ2n) is 7.56. The van der Waals surface area contributed by atoms with Gasteiger partial charge < -0.3 is 20.9 Å². The average molecular weight is 471 g/mol. The predicted molar refractivity (Wildman–Crippen MR) is 144 cm³/mol. The molecule has 4 aromatic carbocycles. The van der Waals surface area contributed by atoms with E-state index in [9.17, 15) is 4.79 Å². The minimum absolute atomic E-state index is 0.0817. The van der Waals surface area contributed by atoms with Crippen LogP contribution in [0.15, 0.2) is 121 Å². The van der Waals surface area contributed by atoms with Gasteiger partial charge in [0.1, 0.15) is 0 Å². The Morgan fingerprint density at radius 2 is 1.17 bits per heavy atom. The Hall–Kier alpha value is -3.93. The van der Waals surface area contributed by atoms with E-state index in [2.05, 4.69) is 5.32 Å². The summed E-state index contributed by atoms with van der Waals surface area (Å²) < 4.78 is 4.94. The standard InChI is InChI=1S/C13H11NO.C7H8O.C6H7N.C4H8O/c15-13(11-7-3-1-4-8-11)14-12-9-5-2-6-10-12;8-6-7-4-2-1-3-5-7;7-6-4-2-1-3-5-6;1-2-4-5-3-1/h1-10H,(H,14,15);1-5,8H,6H2;1-5H,7H2;1-4H2. The first-order chi connectivity index (χ1) is 17.2. The fraction of sp³-hybridized carbons (Fsp3) is 0.167. The van der Waals surface area contributed by atoms with Gasteiger partial charge in [-0.3, -0.25) is 4.79 Å². The molecule has 0 unspecified atom stereocenters. The highest BCUT2D eigenvalue weighted by Gasteiger charge is 2.03. The van der Waals surface area contributed by atoms with Crippen molar-refractivity contribution >= 4 is 17.3 Å². The molecule has 0 aliphatic carbocycles. The lowest BCUT2D eigenvalue weighted by atomic mass is 10.2. The lowest BCUT2D eigenvalue weighted by Crippen LogP contribution is -2.11. The number of aliphatic hydroxyl groups is 1. The first-order valence-electron chi connectivity index (χ1n) is 11.6. The third-order valence-electron chi connectivity index (χ3n) is 4.72. The van der Waals surface area contributed by atoms with Crippen molar-refractivity contribution in [3.05, 3.63) is 132 Å². The highest BCUT2D eigenvalue weighted by molar-refractivity contribution is 6.04. The van der Waals surface area contributed by atoms with E-state index in [-0.39, 0.29) is 12.5 Å². The quantitative estimate of drug-likeness (QED) is 0.312. The smallest absolute Gasteiger partial charge is 0.255 e. The van der Waals surface area contributed by atoms with Gasteiger partial charge in [-0.15, -0.1) is 0 Å². The van der Waals surface area contributed by atoms with E-state index in [0.29, 0.717) is 5.56 Å². The Morgan fingerprint density at radius 1 is 0.714 bits per heavy atom. The molecular weight excluding hydrogens is 436 g/mol. The van der Waals surface area contributed by atoms with Crippen molar-refractivity contribution in [1.82, 2.24) is 0 Å². The molecule has 0 spiro atoms. The van der Waals surface area contributed by atoms with Crippen LogP contribution in [0, 0.1) is 0 Å². The summed E-state index contributed by atoms with van der Waals surface area (Å²) in [6.45, 7) is 2.14. The summed E-state index contributed by atoms with van der Waals surface area (Å²) in [6, 6.07) is 37.6. The molecule has 0 atom stereocenters. The Morgan fingerprint density at radius 3 is 1.54 bits per heavy atom. The van der Waals surface area contributed by atoms with Crippen LogP contribution in [0.2, 0.25) is 0 Å². The second kappa shape index (κ2) is 17.5. The van der Waals surface area contributed by atoms with Crippen LogP contribution in [0.1, 0.15) is 28.8 Å². The predicted octanol–water partition coefficient (Wildman–Crippen LogP) is 6.18. The molecule has 0 bridgehead atoms. The molecule has 5 rings (SSSR count). The number of amides is 1. The maximum absolute atomic E-state index is 11.7. The number of nitrogen functional groups attached to an aromatic ring is 1. The minimum Gasteiger partial charge on any atom is -0.399 e. The molecule has 1 heterocycles. The van der Waals surface area contributed by atoms with Crippen LogP contribution in [0.4, 0.5) is 11.4 Å². The van der Waals surface area contributed by atoms with Gasteiger partial charge in [0.15, 0.2) is 0 Å². The molecular formula is C30H34N2O3. The van der Waals surface area contributed by atoms with E-state index in [0.717, 1.165) is 30.2 Å². The fourth-order valence-corrected chi connectivity index (χ4v) is 2.86. The molecule has 1 aliphatic rings. The van der Waals surface area contributed by atoms with Crippen molar-refractivity contribution in [1.29, 1.82) is 0 Å². The molecule has 35 heavy (non-hydrogen) atoms. The summed E-state index contributed by atoms with van der Waals surface area (Å²) in [5.74, 6) is -0.0817. The third kappa shape index (κ3) is 12.8. The van der Waals surface area contributed by atoms with Crippen LogP contribution < -0.4 is 11.1 Å². The van der Waals surface area contributed by atoms with Crippen LogP contribution in [0.3, 0.4) is 0 Å². The number of nitrogens with two attached hydrogens (primary N) is 1. The molecule has 5 heteroatoms. The highest BCUT2D eigenvalue weighted by Crippen LogP contribution is 2.08. The van der Waals surface area contributed by atoms with Crippen molar-refractivity contribution in [2.75, 3.05) is 24.3 Å². The van der Waals surface area contributed by atoms with Gasteiger partial charge in [-0.2, -0.15) is 0 Å². The number of rotatable bonds is 3. The zero-order valence-electron chi connectivity index (χ0n) is 19.9. The summed E-state index contributed by atoms with van der Waals surface area (Å²) in [6.07, 6.45) is 2.56. The van der Waals surface area contributed by atoms with Gasteiger partial charge in [0, 0.05) is 30.2 Å². The highest BCUT2D eigenvalue weighted by atomic mass is 16.5. The van der Waals surface area contributed by atoms with Crippen LogP contribution in [0.25, 0.3) is 0 Å². The van der Waals surface area contributed by atoms with Crippen LogP contribution in [-0.2, 0) is 11.3 Å². The number of anilines is 2. The van der Waals surface area contributed by atoms with E-state index >= 15 is 0 Å². The van der Waals surface area contributed by atoms with Crippen LogP contribution in [-0.4, -0.2) is 24.2 Å². The number of ether oxygens (including phenoxy) is 1. The third-order valence-corrected chi connectivity index (χ3v) is 4.72. The van der Waals surface area contributed by atoms with Crippen molar-refractivity contribution in [3.63, 3.8) is 0 Å². The summed E-state index contributed by atoms with van der Waals surface area (Å²) in [7, 11) is 0. The average Bonchev–Trinajstić information content (AvgIpc) is 3.52. The number of benzene rings is 4. The van der Waals surface area contributed by atoms with Crippen molar-refractivity contribution < 1.29 is 14.6 Å². The molecule has 182 valence electrons. The lowest BCUT2D eigenvalue weighted by molar-refractivity contribution is 0.102. The largest absolute Gasteiger partial charge is 0.399 e. The number of aliphatic hydroxyl groups excluding tert-OH is 1. The van der Waals surface area contributed by atoms with Gasteiger partial charge in [0.25, 0.3) is 5.91 Å². The number of carbonyl (C=O) groups is 1. The van der Waals surface area contributed by atoms with E-state index < -0.39 is 0 Å². The van der Waals surface area contributed by atoms with Crippen LogP contribution >= 0.6 is 0 Å². The van der Waals surface area contributed by atoms with E-state index in [4.69, 9.17) is 15.6 Å². The lowest BCUT2D eigenvalue weighted by Gasteiger charge is -2.03. The zero-order valence-corrected chi connectivity index (χ0v) is 19.9. The van der Waals surface area contributed by atoms with Gasteiger partial charge in [0.2, 0.25) is 0 Å². The minimum atomic E-state index is -0.0817. The summed E-state index contributed by atoms with van der Waals surface area (Å²) >= 11 is 0. The fourth-order valence-electron chi connectivity index (χ4n) is 2.86. The van der Waals surface area contributed by atoms with Gasteiger partial charge in [0.05, 0.1) is 6.61 Å². The SMILES string of the molecule is C1CCOC1.Nc1ccccc1.O=C(Nc1ccccc1)c1ccccc1.OCc1ccccc1. The van der Waals surface area contributed by atoms with E-state index in [1.54, 1.807) is 12.1 Å². The molecule has 1 fully saturated rings. The summed E-state index contributed by atoms with van der Waals surface area (Å²) in [4.78, 5) is 11.7. The zero-order chi connectivity index (χ0) is 25.0. The van der Waals surface area contributed by atoms with Gasteiger partial charge in [-0.05, 0) is 54.8 Å². The summed E-state index contributed by atoms with van der Waals surface area (Å²) in [5, 5.41) is 11.4. The molecule has 0 radical (unpaired) electrons. The molecule has 4 N–H and O–H groups in total. The Bertz CT molecular complexity index is 1030. The van der Waals surface area contributed by atoms with Crippen LogP contribution in [0.5, 0.6) is 0 Å². The number of para-hydroxylation sites is 2. The van der Waals surface area contributed by atoms with Crippen molar-refractivity contribution in [3.8, 4) is 0 Å². The number of carbonyl (C=O) groups excluding carboxylic acids is 1. The van der Waals surface area contributed by atoms with E-state index in [1.165, 1.54) is 12.8 Å². The van der Waals surface area contributed by atoms with Crippen molar-refractivity contribution in [2.45, 2.75) is 19.4 Å². The molecule has 5 nitrogen and oxygen atoms in total. The Balaban J connectivity index is 0.000000182. The molecule has 0 aromatic heterocycles. The normalized spacial score (nSPS) is 11.3. The number of nitrogens with one attached hydrogen (secondary N) is 1. The first-order valence-corrected chi connectivity index (χ1v) is 11.6. The Labute approximate surface area is 208 Å². The second-order valence-corrected chi connectivity index (χ2v) is 7.56. The molecule has 1 saturated heterocycles. The van der Waals surface area contributed by atoms with Gasteiger partial charge >= 0.3 is 0 Å². The van der Waals surface area contributed by atoms with Gasteiger partial charge in [-0.25, -0.2) is 0 Å². The Kier molecular flexibility index (Phi) is 13.7. The molecule has 1 amide bonds. The molecule has 0 saturated carbocycles.